The van der Waals surface area contributed by atoms with Crippen LogP contribution in [0.1, 0.15) is 28.7 Å². The number of nitrogens with one attached hydrogen (secondary N) is 3. The number of nitrogens with zero attached hydrogens (tertiary/aromatic N) is 5. The number of amides is 3. The smallest absolute Gasteiger partial charge is 0.251 e. The minimum Gasteiger partial charge on any atom is -0.355 e. The van der Waals surface area contributed by atoms with Gasteiger partial charge in [0.15, 0.2) is 5.82 Å². The van der Waals surface area contributed by atoms with Crippen LogP contribution in [0.15, 0.2) is 42.7 Å². The van der Waals surface area contributed by atoms with Gasteiger partial charge >= 0.3 is 0 Å². The third-order valence-corrected chi connectivity index (χ3v) is 5.62. The molecule has 182 valence electrons. The van der Waals surface area contributed by atoms with Gasteiger partial charge in [0, 0.05) is 56.1 Å². The number of hydrogen-bond donors (Lipinski definition) is 3. The van der Waals surface area contributed by atoms with Crippen molar-refractivity contribution in [2.24, 2.45) is 5.92 Å². The zero-order valence-electron chi connectivity index (χ0n) is 19.9. The minimum absolute atomic E-state index is 0.0528. The fraction of sp³-hybridized carbons (Fsp3) is 0.333. The van der Waals surface area contributed by atoms with E-state index in [9.17, 15) is 14.4 Å². The quantitative estimate of drug-likeness (QED) is 0.416. The fourth-order valence-electron chi connectivity index (χ4n) is 3.83. The lowest BCUT2D eigenvalue weighted by Gasteiger charge is -2.39. The molecule has 2 aromatic heterocycles. The maximum atomic E-state index is 12.4. The average Bonchev–Trinajstić information content (AvgIpc) is 3.14. The lowest BCUT2D eigenvalue weighted by molar-refractivity contribution is -0.125. The molecule has 0 spiro atoms. The van der Waals surface area contributed by atoms with Gasteiger partial charge in [-0.1, -0.05) is 0 Å². The first-order valence-electron chi connectivity index (χ1n) is 11.3. The molecule has 11 nitrogen and oxygen atoms in total. The third-order valence-electron chi connectivity index (χ3n) is 5.62. The van der Waals surface area contributed by atoms with Crippen molar-refractivity contribution in [3.63, 3.8) is 0 Å². The van der Waals surface area contributed by atoms with E-state index in [-0.39, 0.29) is 23.6 Å². The van der Waals surface area contributed by atoms with Gasteiger partial charge in [0.05, 0.1) is 11.6 Å². The topological polar surface area (TPSA) is 134 Å². The molecule has 1 aliphatic rings. The van der Waals surface area contributed by atoms with Crippen molar-refractivity contribution in [2.75, 3.05) is 36.4 Å². The second kappa shape index (κ2) is 10.3. The van der Waals surface area contributed by atoms with Gasteiger partial charge in [-0.25, -0.2) is 14.6 Å². The number of benzene rings is 1. The predicted octanol–water partition coefficient (Wildman–Crippen LogP) is 1.22. The molecule has 0 aliphatic carbocycles. The maximum absolute atomic E-state index is 12.4. The van der Waals surface area contributed by atoms with Crippen LogP contribution in [-0.2, 0) is 9.59 Å². The Balaban J connectivity index is 1.19. The van der Waals surface area contributed by atoms with Crippen molar-refractivity contribution in [3.05, 3.63) is 59.7 Å². The van der Waals surface area contributed by atoms with Gasteiger partial charge in [0.25, 0.3) is 5.91 Å². The molecule has 0 bridgehead atoms. The van der Waals surface area contributed by atoms with Gasteiger partial charge in [-0.2, -0.15) is 5.10 Å². The Labute approximate surface area is 202 Å². The standard InChI is InChI=1S/C24H28N8O3/c1-15-10-16(2)32(30-15)22-11-21(27-14-28-22)31-12-19(13-31)24(35)26-9-8-25-23(34)18-4-6-20(7-5-18)29-17(3)33/h4-7,10-11,14,19H,8-9,12-13H2,1-3H3,(H,25,34)(H,26,35)(H,29,33). The Hall–Kier alpha value is -4.28. The van der Waals surface area contributed by atoms with E-state index in [1.165, 1.54) is 13.3 Å². The van der Waals surface area contributed by atoms with Crippen molar-refractivity contribution < 1.29 is 14.4 Å². The summed E-state index contributed by atoms with van der Waals surface area (Å²) >= 11 is 0. The van der Waals surface area contributed by atoms with Crippen molar-refractivity contribution in [1.82, 2.24) is 30.4 Å². The van der Waals surface area contributed by atoms with Crippen LogP contribution in [0.3, 0.4) is 0 Å². The van der Waals surface area contributed by atoms with Gasteiger partial charge in [0.1, 0.15) is 12.1 Å². The van der Waals surface area contributed by atoms with Gasteiger partial charge in [0.2, 0.25) is 11.8 Å². The molecular weight excluding hydrogens is 448 g/mol. The second-order valence-corrected chi connectivity index (χ2v) is 8.48. The van der Waals surface area contributed by atoms with Gasteiger partial charge in [-0.3, -0.25) is 14.4 Å². The van der Waals surface area contributed by atoms with Crippen LogP contribution in [0.2, 0.25) is 0 Å². The minimum atomic E-state index is -0.245. The van der Waals surface area contributed by atoms with E-state index in [1.54, 1.807) is 28.9 Å². The SMILES string of the molecule is CC(=O)Nc1ccc(C(=O)NCCNC(=O)C2CN(c3cc(-n4nc(C)cc4C)ncn3)C2)cc1. The Bertz CT molecular complexity index is 1230. The molecule has 11 heteroatoms. The number of carbonyl (C=O) groups excluding carboxylic acids is 3. The highest BCUT2D eigenvalue weighted by Gasteiger charge is 2.33. The molecule has 4 rings (SSSR count). The molecule has 1 aliphatic heterocycles. The fourth-order valence-corrected chi connectivity index (χ4v) is 3.83. The second-order valence-electron chi connectivity index (χ2n) is 8.48. The monoisotopic (exact) mass is 476 g/mol. The molecule has 3 aromatic rings. The summed E-state index contributed by atoms with van der Waals surface area (Å²) in [7, 11) is 0. The van der Waals surface area contributed by atoms with Crippen LogP contribution in [0.4, 0.5) is 11.5 Å². The Kier molecular flexibility index (Phi) is 7.04. The van der Waals surface area contributed by atoms with Crippen molar-refractivity contribution in [1.29, 1.82) is 0 Å². The summed E-state index contributed by atoms with van der Waals surface area (Å²) in [5.41, 5.74) is 3.01. The van der Waals surface area contributed by atoms with Gasteiger partial charge in [-0.05, 0) is 44.2 Å². The highest BCUT2D eigenvalue weighted by molar-refractivity contribution is 5.95. The van der Waals surface area contributed by atoms with Crippen LogP contribution in [0, 0.1) is 19.8 Å². The molecule has 0 unspecified atom stereocenters. The Morgan fingerprint density at radius 3 is 2.31 bits per heavy atom. The normalized spacial score (nSPS) is 13.2. The number of hydrogen-bond acceptors (Lipinski definition) is 7. The molecule has 0 radical (unpaired) electrons. The lowest BCUT2D eigenvalue weighted by atomic mass is 9.99. The van der Waals surface area contributed by atoms with E-state index in [0.717, 1.165) is 17.2 Å². The summed E-state index contributed by atoms with van der Waals surface area (Å²) in [6.45, 7) is 7.10. The van der Waals surface area contributed by atoms with Crippen LogP contribution in [0.5, 0.6) is 0 Å². The van der Waals surface area contributed by atoms with Gasteiger partial charge < -0.3 is 20.9 Å². The van der Waals surface area contributed by atoms with Crippen LogP contribution >= 0.6 is 0 Å². The lowest BCUT2D eigenvalue weighted by Crippen LogP contribution is -2.54. The van der Waals surface area contributed by atoms with E-state index in [4.69, 9.17) is 0 Å². The molecule has 1 saturated heterocycles. The number of carbonyl (C=O) groups is 3. The molecule has 1 aromatic carbocycles. The first kappa shape index (κ1) is 23.9. The van der Waals surface area contributed by atoms with Crippen LogP contribution in [0.25, 0.3) is 5.82 Å². The highest BCUT2D eigenvalue weighted by atomic mass is 16.2. The number of aryl methyl sites for hydroxylation is 2. The van der Waals surface area contributed by atoms with E-state index in [1.807, 2.05) is 30.9 Å². The summed E-state index contributed by atoms with van der Waals surface area (Å²) < 4.78 is 1.77. The third kappa shape index (κ3) is 5.81. The van der Waals surface area contributed by atoms with Crippen LogP contribution < -0.4 is 20.9 Å². The van der Waals surface area contributed by atoms with Crippen LogP contribution in [-0.4, -0.2) is 63.6 Å². The first-order valence-corrected chi connectivity index (χ1v) is 11.3. The Morgan fingerprint density at radius 2 is 1.66 bits per heavy atom. The summed E-state index contributed by atoms with van der Waals surface area (Å²) in [5.74, 6) is 0.832. The van der Waals surface area contributed by atoms with E-state index < -0.39 is 0 Å². The van der Waals surface area contributed by atoms with Crippen molar-refractivity contribution >= 4 is 29.2 Å². The van der Waals surface area contributed by atoms with E-state index in [2.05, 4.69) is 31.0 Å². The number of rotatable bonds is 8. The predicted molar refractivity (Wildman–Crippen MR) is 130 cm³/mol. The average molecular weight is 477 g/mol. The zero-order valence-corrected chi connectivity index (χ0v) is 19.9. The molecule has 3 amide bonds. The molecule has 0 atom stereocenters. The van der Waals surface area contributed by atoms with Crippen molar-refractivity contribution in [3.8, 4) is 5.82 Å². The molecule has 3 N–H and O–H groups in total. The largest absolute Gasteiger partial charge is 0.355 e. The Morgan fingerprint density at radius 1 is 0.971 bits per heavy atom. The van der Waals surface area contributed by atoms with Gasteiger partial charge in [-0.15, -0.1) is 0 Å². The van der Waals surface area contributed by atoms with E-state index >= 15 is 0 Å². The first-order chi connectivity index (χ1) is 16.8. The number of aromatic nitrogens is 4. The number of anilines is 2. The summed E-state index contributed by atoms with van der Waals surface area (Å²) in [4.78, 5) is 46.4. The molecule has 35 heavy (non-hydrogen) atoms. The highest BCUT2D eigenvalue weighted by Crippen LogP contribution is 2.24. The molecule has 3 heterocycles. The zero-order chi connectivity index (χ0) is 24.9. The summed E-state index contributed by atoms with van der Waals surface area (Å²) in [6.07, 6.45) is 1.50. The summed E-state index contributed by atoms with van der Waals surface area (Å²) in [5, 5.41) is 12.7. The summed E-state index contributed by atoms with van der Waals surface area (Å²) in [6, 6.07) is 10.4. The molecular formula is C24H28N8O3. The molecule has 0 saturated carbocycles. The molecule has 1 fully saturated rings. The van der Waals surface area contributed by atoms with E-state index in [0.29, 0.717) is 43.2 Å². The maximum Gasteiger partial charge on any atom is 0.251 e. The van der Waals surface area contributed by atoms with Crippen molar-refractivity contribution in [2.45, 2.75) is 20.8 Å².